The van der Waals surface area contributed by atoms with Gasteiger partial charge in [0.05, 0.1) is 13.2 Å². The predicted octanol–water partition coefficient (Wildman–Crippen LogP) is 2.50. The molecule has 4 rings (SSSR count). The highest BCUT2D eigenvalue weighted by atomic mass is 16.6. The quantitative estimate of drug-likeness (QED) is 0.783. The van der Waals surface area contributed by atoms with Crippen LogP contribution in [0.2, 0.25) is 0 Å². The predicted molar refractivity (Wildman–Crippen MR) is 87.3 cm³/mol. The fourth-order valence-electron chi connectivity index (χ4n) is 5.18. The van der Waals surface area contributed by atoms with Crippen molar-refractivity contribution in [2.24, 2.45) is 11.3 Å². The first kappa shape index (κ1) is 15.7. The summed E-state index contributed by atoms with van der Waals surface area (Å²) < 4.78 is 11.1. The summed E-state index contributed by atoms with van der Waals surface area (Å²) in [5.74, 6) is 0.691. The number of piperidine rings is 1. The summed E-state index contributed by atoms with van der Waals surface area (Å²) in [6.45, 7) is 11.0. The lowest BCUT2D eigenvalue weighted by molar-refractivity contribution is -0.00867. The van der Waals surface area contributed by atoms with E-state index >= 15 is 0 Å². The van der Waals surface area contributed by atoms with Crippen LogP contribution < -0.4 is 0 Å². The van der Waals surface area contributed by atoms with Crippen molar-refractivity contribution >= 4 is 6.09 Å². The number of rotatable bonds is 2. The summed E-state index contributed by atoms with van der Waals surface area (Å²) >= 11 is 0. The van der Waals surface area contributed by atoms with Crippen LogP contribution >= 0.6 is 0 Å². The van der Waals surface area contributed by atoms with Crippen LogP contribution in [0.5, 0.6) is 0 Å². The number of ether oxygens (including phenoxy) is 2. The third-order valence-corrected chi connectivity index (χ3v) is 6.15. The molecule has 0 spiro atoms. The number of nitrogens with zero attached hydrogens (tertiary/aromatic N) is 2. The zero-order valence-electron chi connectivity index (χ0n) is 14.7. The van der Waals surface area contributed by atoms with Crippen molar-refractivity contribution < 1.29 is 14.3 Å². The second kappa shape index (κ2) is 5.35. The van der Waals surface area contributed by atoms with Gasteiger partial charge in [-0.15, -0.1) is 0 Å². The number of fused-ring (bicyclic) bond motifs is 4. The average Bonchev–Trinajstić information content (AvgIpc) is 3.04. The van der Waals surface area contributed by atoms with Crippen molar-refractivity contribution in [3.63, 3.8) is 0 Å². The van der Waals surface area contributed by atoms with E-state index in [9.17, 15) is 4.79 Å². The molecule has 5 nitrogen and oxygen atoms in total. The van der Waals surface area contributed by atoms with E-state index in [1.165, 1.54) is 25.8 Å². The molecule has 0 aromatic rings. The lowest BCUT2D eigenvalue weighted by Crippen LogP contribution is -2.51. The molecule has 5 heteroatoms. The summed E-state index contributed by atoms with van der Waals surface area (Å²) in [6.07, 6.45) is 4.71. The molecular formula is C18H30N2O3. The van der Waals surface area contributed by atoms with E-state index in [1.807, 2.05) is 20.8 Å². The van der Waals surface area contributed by atoms with E-state index in [0.29, 0.717) is 23.4 Å². The summed E-state index contributed by atoms with van der Waals surface area (Å²) in [5, 5.41) is 0. The maximum atomic E-state index is 12.6. The molecule has 1 saturated carbocycles. The van der Waals surface area contributed by atoms with E-state index in [2.05, 4.69) is 9.80 Å². The summed E-state index contributed by atoms with van der Waals surface area (Å²) in [7, 11) is 0. The van der Waals surface area contributed by atoms with Crippen LogP contribution in [-0.2, 0) is 9.47 Å². The van der Waals surface area contributed by atoms with Gasteiger partial charge in [-0.2, -0.15) is 0 Å². The minimum absolute atomic E-state index is 0.0862. The monoisotopic (exact) mass is 322 g/mol. The Labute approximate surface area is 139 Å². The van der Waals surface area contributed by atoms with Gasteiger partial charge in [-0.25, -0.2) is 4.79 Å². The van der Waals surface area contributed by atoms with Crippen LogP contribution in [-0.4, -0.2) is 66.4 Å². The van der Waals surface area contributed by atoms with Gasteiger partial charge < -0.3 is 14.4 Å². The molecule has 4 fully saturated rings. The van der Waals surface area contributed by atoms with Crippen LogP contribution in [0.3, 0.4) is 0 Å². The molecule has 0 N–H and O–H groups in total. The third kappa shape index (κ3) is 2.86. The van der Waals surface area contributed by atoms with Crippen LogP contribution in [0.1, 0.15) is 46.5 Å². The molecule has 3 aliphatic heterocycles. The number of carbonyl (C=O) groups is 1. The topological polar surface area (TPSA) is 42.0 Å². The minimum Gasteiger partial charge on any atom is -0.444 e. The third-order valence-electron chi connectivity index (χ3n) is 6.15. The summed E-state index contributed by atoms with van der Waals surface area (Å²) in [4.78, 5) is 17.3. The highest BCUT2D eigenvalue weighted by Gasteiger charge is 2.66. The van der Waals surface area contributed by atoms with Crippen LogP contribution in [0.4, 0.5) is 4.79 Å². The van der Waals surface area contributed by atoms with Gasteiger partial charge in [0.25, 0.3) is 0 Å². The number of amides is 1. The maximum Gasteiger partial charge on any atom is 0.410 e. The first-order valence-electron chi connectivity index (χ1n) is 9.19. The maximum absolute atomic E-state index is 12.6. The SMILES string of the molecule is CC(C)(C)OC(=O)N1[C@@H]2CC[C@H]1C1C[C@@]1(CN1CCOCC1)C2. The van der Waals surface area contributed by atoms with Crippen molar-refractivity contribution in [1.29, 1.82) is 0 Å². The Balaban J connectivity index is 1.42. The molecule has 2 bridgehead atoms. The van der Waals surface area contributed by atoms with Crippen molar-refractivity contribution in [1.82, 2.24) is 9.80 Å². The Bertz CT molecular complexity index is 483. The summed E-state index contributed by atoms with van der Waals surface area (Å²) in [6, 6.07) is 0.819. The van der Waals surface area contributed by atoms with Gasteiger partial charge >= 0.3 is 6.09 Å². The molecular weight excluding hydrogens is 292 g/mol. The first-order chi connectivity index (χ1) is 10.9. The van der Waals surface area contributed by atoms with E-state index in [1.54, 1.807) is 0 Å². The first-order valence-corrected chi connectivity index (χ1v) is 9.19. The van der Waals surface area contributed by atoms with Gasteiger partial charge in [-0.3, -0.25) is 4.90 Å². The second-order valence-corrected chi connectivity index (χ2v) is 8.95. The normalized spacial score (nSPS) is 40.0. The summed E-state index contributed by atoms with van der Waals surface area (Å²) in [5.41, 5.74) is 0.0735. The standard InChI is InChI=1S/C18H30N2O3/c1-17(2,3)23-16(21)20-13-4-5-15(20)14-11-18(14,10-13)12-19-6-8-22-9-7-19/h13-15H,4-12H2,1-3H3/t13-,14?,15+,18-/m1/s1. The molecule has 0 radical (unpaired) electrons. The Hall–Kier alpha value is -0.810. The zero-order chi connectivity index (χ0) is 16.2. The Morgan fingerprint density at radius 2 is 1.96 bits per heavy atom. The number of morpholine rings is 1. The van der Waals surface area contributed by atoms with Crippen molar-refractivity contribution in [2.75, 3.05) is 32.8 Å². The van der Waals surface area contributed by atoms with E-state index in [0.717, 1.165) is 32.7 Å². The largest absolute Gasteiger partial charge is 0.444 e. The molecule has 1 aliphatic carbocycles. The van der Waals surface area contributed by atoms with Crippen LogP contribution in [0.15, 0.2) is 0 Å². The molecule has 3 saturated heterocycles. The number of hydrogen-bond acceptors (Lipinski definition) is 4. The average molecular weight is 322 g/mol. The zero-order valence-corrected chi connectivity index (χ0v) is 14.7. The van der Waals surface area contributed by atoms with E-state index in [-0.39, 0.29) is 6.09 Å². The Morgan fingerprint density at radius 3 is 2.65 bits per heavy atom. The van der Waals surface area contributed by atoms with Gasteiger partial charge in [0.15, 0.2) is 0 Å². The fraction of sp³-hybridized carbons (Fsp3) is 0.944. The smallest absolute Gasteiger partial charge is 0.410 e. The van der Waals surface area contributed by atoms with Crippen LogP contribution in [0.25, 0.3) is 0 Å². The van der Waals surface area contributed by atoms with Gasteiger partial charge in [0.1, 0.15) is 5.60 Å². The fourth-order valence-corrected chi connectivity index (χ4v) is 5.18. The highest BCUT2D eigenvalue weighted by molar-refractivity contribution is 5.70. The molecule has 3 heterocycles. The molecule has 0 aromatic heterocycles. The molecule has 4 atom stereocenters. The van der Waals surface area contributed by atoms with Crippen LogP contribution in [0, 0.1) is 11.3 Å². The molecule has 4 aliphatic rings. The van der Waals surface area contributed by atoms with Gasteiger partial charge in [-0.1, -0.05) is 0 Å². The Kier molecular flexibility index (Phi) is 3.65. The molecule has 23 heavy (non-hydrogen) atoms. The highest BCUT2D eigenvalue weighted by Crippen LogP contribution is 2.65. The van der Waals surface area contributed by atoms with Crippen molar-refractivity contribution in [3.05, 3.63) is 0 Å². The Morgan fingerprint density at radius 1 is 1.22 bits per heavy atom. The lowest BCUT2D eigenvalue weighted by atomic mass is 9.89. The van der Waals surface area contributed by atoms with Gasteiger partial charge in [-0.05, 0) is 57.8 Å². The molecule has 1 unspecified atom stereocenters. The second-order valence-electron chi connectivity index (χ2n) is 8.95. The molecule has 0 aromatic carbocycles. The van der Waals surface area contributed by atoms with Gasteiger partial charge in [0, 0.05) is 31.7 Å². The van der Waals surface area contributed by atoms with Gasteiger partial charge in [0.2, 0.25) is 0 Å². The number of carbonyl (C=O) groups excluding carboxylic acids is 1. The van der Waals surface area contributed by atoms with E-state index in [4.69, 9.17) is 9.47 Å². The van der Waals surface area contributed by atoms with Crippen molar-refractivity contribution in [2.45, 2.75) is 64.1 Å². The number of hydrogen-bond donors (Lipinski definition) is 0. The minimum atomic E-state index is -0.400. The molecule has 130 valence electrons. The van der Waals surface area contributed by atoms with Crippen molar-refractivity contribution in [3.8, 4) is 0 Å². The molecule has 1 amide bonds. The lowest BCUT2D eigenvalue weighted by Gasteiger charge is -2.41. The van der Waals surface area contributed by atoms with E-state index < -0.39 is 5.60 Å².